The van der Waals surface area contributed by atoms with Crippen LogP contribution in [0.1, 0.15) is 41.4 Å². The summed E-state index contributed by atoms with van der Waals surface area (Å²) in [6.07, 6.45) is 2.47. The molecule has 7 nitrogen and oxygen atoms in total. The Morgan fingerprint density at radius 2 is 1.77 bits per heavy atom. The Hall–Kier alpha value is -3.23. The maximum atomic E-state index is 12.1. The number of anilines is 1. The number of rotatable bonds is 7. The predicted octanol–water partition coefficient (Wildman–Crippen LogP) is 3.86. The summed E-state index contributed by atoms with van der Waals surface area (Å²) >= 11 is 1.28. The van der Waals surface area contributed by atoms with Gasteiger partial charge in [-0.2, -0.15) is 0 Å². The third-order valence-electron chi connectivity index (χ3n) is 4.11. The minimum atomic E-state index is -0.537. The minimum absolute atomic E-state index is 0.0539. The van der Waals surface area contributed by atoms with Crippen molar-refractivity contribution in [2.24, 2.45) is 5.73 Å². The summed E-state index contributed by atoms with van der Waals surface area (Å²) < 4.78 is 0.913. The van der Waals surface area contributed by atoms with Crippen LogP contribution in [0, 0.1) is 0 Å². The molecule has 3 aromatic rings. The van der Waals surface area contributed by atoms with E-state index in [0.29, 0.717) is 29.8 Å². The second-order valence-corrected chi connectivity index (χ2v) is 7.64. The Kier molecular flexibility index (Phi) is 8.99. The molecule has 0 unspecified atom stereocenters. The zero-order valence-electron chi connectivity index (χ0n) is 16.7. The minimum Gasteiger partial charge on any atom is -0.370 e. The SMILES string of the molecule is CCCC(N)=O.O=C(CCc1ccccc1)Nc1ccc2sc(C(=O)NO)cc2c1. The quantitative estimate of drug-likeness (QED) is 0.338. The van der Waals surface area contributed by atoms with Gasteiger partial charge in [0.25, 0.3) is 5.91 Å². The van der Waals surface area contributed by atoms with Crippen molar-refractivity contribution in [1.29, 1.82) is 0 Å². The van der Waals surface area contributed by atoms with E-state index in [1.54, 1.807) is 17.6 Å². The summed E-state index contributed by atoms with van der Waals surface area (Å²) in [7, 11) is 0. The van der Waals surface area contributed by atoms with Gasteiger partial charge in [0.1, 0.15) is 0 Å². The average Bonchev–Trinajstić information content (AvgIpc) is 3.16. The summed E-state index contributed by atoms with van der Waals surface area (Å²) in [5.41, 5.74) is 8.20. The van der Waals surface area contributed by atoms with Crippen LogP contribution in [0.3, 0.4) is 0 Å². The van der Waals surface area contributed by atoms with E-state index in [9.17, 15) is 14.4 Å². The molecule has 5 N–H and O–H groups in total. The van der Waals surface area contributed by atoms with E-state index in [1.807, 2.05) is 49.4 Å². The standard InChI is InChI=1S/C18H16N2O3S.C4H9NO/c21-17(9-6-12-4-2-1-3-5-12)19-14-7-8-15-13(10-14)11-16(24-15)18(22)20-23;1-2-3-4(5)6/h1-5,7-8,10-11,23H,6,9H2,(H,19,21)(H,20,22);2-3H2,1H3,(H2,5,6). The number of hydroxylamine groups is 1. The van der Waals surface area contributed by atoms with Crippen molar-refractivity contribution in [2.45, 2.75) is 32.6 Å². The van der Waals surface area contributed by atoms with Crippen molar-refractivity contribution in [3.05, 3.63) is 65.0 Å². The molecule has 3 rings (SSSR count). The molecule has 0 bridgehead atoms. The molecule has 0 saturated heterocycles. The first-order valence-electron chi connectivity index (χ1n) is 9.53. The predicted molar refractivity (Wildman–Crippen MR) is 119 cm³/mol. The number of hydrogen-bond acceptors (Lipinski definition) is 5. The van der Waals surface area contributed by atoms with Gasteiger partial charge in [0.2, 0.25) is 11.8 Å². The van der Waals surface area contributed by atoms with Gasteiger partial charge >= 0.3 is 0 Å². The van der Waals surface area contributed by atoms with Crippen LogP contribution in [0.5, 0.6) is 0 Å². The Balaban J connectivity index is 0.000000469. The number of nitrogens with two attached hydrogens (primary N) is 1. The van der Waals surface area contributed by atoms with Crippen molar-refractivity contribution in [3.8, 4) is 0 Å². The van der Waals surface area contributed by atoms with Crippen molar-refractivity contribution in [3.63, 3.8) is 0 Å². The van der Waals surface area contributed by atoms with Gasteiger partial charge in [-0.1, -0.05) is 37.3 Å². The molecular weight excluding hydrogens is 402 g/mol. The number of hydrogen-bond donors (Lipinski definition) is 4. The van der Waals surface area contributed by atoms with Gasteiger partial charge < -0.3 is 11.1 Å². The molecule has 2 aromatic carbocycles. The normalized spacial score (nSPS) is 10.1. The molecule has 0 fully saturated rings. The van der Waals surface area contributed by atoms with Crippen LogP contribution in [-0.2, 0) is 16.0 Å². The molecule has 0 saturated carbocycles. The van der Waals surface area contributed by atoms with Crippen LogP contribution in [0.4, 0.5) is 5.69 Å². The average molecular weight is 428 g/mol. The van der Waals surface area contributed by atoms with Gasteiger partial charge in [-0.25, -0.2) is 5.48 Å². The molecule has 0 radical (unpaired) electrons. The molecular formula is C22H25N3O4S. The van der Waals surface area contributed by atoms with E-state index in [0.717, 1.165) is 22.1 Å². The van der Waals surface area contributed by atoms with Gasteiger partial charge in [-0.15, -0.1) is 11.3 Å². The fourth-order valence-corrected chi connectivity index (χ4v) is 3.59. The third-order valence-corrected chi connectivity index (χ3v) is 5.22. The van der Waals surface area contributed by atoms with Crippen LogP contribution >= 0.6 is 11.3 Å². The maximum absolute atomic E-state index is 12.1. The lowest BCUT2D eigenvalue weighted by Crippen LogP contribution is -2.16. The van der Waals surface area contributed by atoms with Gasteiger partial charge in [0, 0.05) is 23.2 Å². The number of aryl methyl sites for hydroxylation is 1. The van der Waals surface area contributed by atoms with E-state index < -0.39 is 5.91 Å². The highest BCUT2D eigenvalue weighted by atomic mass is 32.1. The summed E-state index contributed by atoms with van der Waals surface area (Å²) in [6.45, 7) is 1.92. The lowest BCUT2D eigenvalue weighted by molar-refractivity contribution is -0.118. The van der Waals surface area contributed by atoms with Gasteiger partial charge in [-0.3, -0.25) is 19.6 Å². The molecule has 0 aliphatic rings. The van der Waals surface area contributed by atoms with E-state index >= 15 is 0 Å². The molecule has 3 amide bonds. The molecule has 1 aromatic heterocycles. The lowest BCUT2D eigenvalue weighted by Gasteiger charge is -2.05. The molecule has 158 valence electrons. The van der Waals surface area contributed by atoms with E-state index in [4.69, 9.17) is 10.9 Å². The van der Waals surface area contributed by atoms with Crippen molar-refractivity contribution in [2.75, 3.05) is 5.32 Å². The third kappa shape index (κ3) is 7.31. The van der Waals surface area contributed by atoms with Crippen LogP contribution < -0.4 is 16.5 Å². The Morgan fingerprint density at radius 1 is 1.03 bits per heavy atom. The maximum Gasteiger partial charge on any atom is 0.284 e. The van der Waals surface area contributed by atoms with Crippen molar-refractivity contribution >= 4 is 44.8 Å². The Bertz CT molecular complexity index is 1000. The number of fused-ring (bicyclic) bond motifs is 1. The van der Waals surface area contributed by atoms with Crippen LogP contribution in [0.2, 0.25) is 0 Å². The number of primary amides is 1. The summed E-state index contributed by atoms with van der Waals surface area (Å²) in [4.78, 5) is 33.8. The second kappa shape index (κ2) is 11.7. The molecule has 0 atom stereocenters. The summed E-state index contributed by atoms with van der Waals surface area (Å²) in [5, 5.41) is 12.4. The van der Waals surface area contributed by atoms with Crippen LogP contribution in [0.25, 0.3) is 10.1 Å². The van der Waals surface area contributed by atoms with Crippen LogP contribution in [-0.4, -0.2) is 22.9 Å². The number of amides is 3. The summed E-state index contributed by atoms with van der Waals surface area (Å²) in [6, 6.07) is 17.0. The number of thiophene rings is 1. The molecule has 1 heterocycles. The highest BCUT2D eigenvalue weighted by molar-refractivity contribution is 7.20. The Labute approximate surface area is 178 Å². The van der Waals surface area contributed by atoms with E-state index in [-0.39, 0.29) is 11.8 Å². The smallest absolute Gasteiger partial charge is 0.284 e. The monoisotopic (exact) mass is 427 g/mol. The first kappa shape index (κ1) is 23.1. The topological polar surface area (TPSA) is 122 Å². The first-order valence-corrected chi connectivity index (χ1v) is 10.3. The van der Waals surface area contributed by atoms with Gasteiger partial charge in [-0.05, 0) is 48.1 Å². The fraction of sp³-hybridized carbons (Fsp3) is 0.227. The van der Waals surface area contributed by atoms with Gasteiger partial charge in [0.05, 0.1) is 4.88 Å². The molecule has 0 aliphatic heterocycles. The Morgan fingerprint density at radius 3 is 2.37 bits per heavy atom. The van der Waals surface area contributed by atoms with Crippen molar-refractivity contribution < 1.29 is 19.6 Å². The van der Waals surface area contributed by atoms with Crippen LogP contribution in [0.15, 0.2) is 54.6 Å². The zero-order chi connectivity index (χ0) is 21.9. The van der Waals surface area contributed by atoms with E-state index in [2.05, 4.69) is 5.32 Å². The number of carbonyl (C=O) groups excluding carboxylic acids is 3. The van der Waals surface area contributed by atoms with Crippen molar-refractivity contribution in [1.82, 2.24) is 5.48 Å². The number of carbonyl (C=O) groups is 3. The zero-order valence-corrected chi connectivity index (χ0v) is 17.5. The highest BCUT2D eigenvalue weighted by Crippen LogP contribution is 2.28. The summed E-state index contributed by atoms with van der Waals surface area (Å²) in [5.74, 6) is -0.802. The number of nitrogens with one attached hydrogen (secondary N) is 2. The highest BCUT2D eigenvalue weighted by Gasteiger charge is 2.10. The molecule has 0 aliphatic carbocycles. The molecule has 0 spiro atoms. The first-order chi connectivity index (χ1) is 14.4. The van der Waals surface area contributed by atoms with Gasteiger partial charge in [0.15, 0.2) is 0 Å². The molecule has 8 heteroatoms. The largest absolute Gasteiger partial charge is 0.370 e. The fourth-order valence-electron chi connectivity index (χ4n) is 2.66. The lowest BCUT2D eigenvalue weighted by atomic mass is 10.1. The number of benzene rings is 2. The molecule has 30 heavy (non-hydrogen) atoms. The van der Waals surface area contributed by atoms with E-state index in [1.165, 1.54) is 11.3 Å². The second-order valence-electron chi connectivity index (χ2n) is 6.55.